The van der Waals surface area contributed by atoms with E-state index in [9.17, 15) is 9.59 Å². The summed E-state index contributed by atoms with van der Waals surface area (Å²) in [5, 5.41) is 3.98. The number of amides is 1. The van der Waals surface area contributed by atoms with Crippen molar-refractivity contribution in [1.29, 1.82) is 0 Å². The van der Waals surface area contributed by atoms with Gasteiger partial charge in [0.1, 0.15) is 0 Å². The minimum atomic E-state index is -0.409. The molecule has 0 saturated carbocycles. The molecule has 5 nitrogen and oxygen atoms in total. The van der Waals surface area contributed by atoms with E-state index in [1.165, 1.54) is 0 Å². The average Bonchev–Trinajstić information content (AvgIpc) is 2.90. The van der Waals surface area contributed by atoms with Gasteiger partial charge in [0.25, 0.3) is 0 Å². The van der Waals surface area contributed by atoms with Gasteiger partial charge >= 0.3 is 5.76 Å². The first-order chi connectivity index (χ1) is 12.5. The normalized spacial score (nSPS) is 12.3. The van der Waals surface area contributed by atoms with Crippen LogP contribution >= 0.6 is 23.2 Å². The molecule has 1 amide bonds. The first kappa shape index (κ1) is 18.5. The van der Waals surface area contributed by atoms with Crippen LogP contribution in [0.15, 0.2) is 51.7 Å². The summed E-state index contributed by atoms with van der Waals surface area (Å²) < 4.78 is 6.73. The van der Waals surface area contributed by atoms with E-state index >= 15 is 0 Å². The smallest absolute Gasteiger partial charge is 0.408 e. The molecule has 1 unspecified atom stereocenters. The maximum Gasteiger partial charge on any atom is 0.419 e. The van der Waals surface area contributed by atoms with Crippen molar-refractivity contribution in [3.05, 3.63) is 68.6 Å². The predicted molar refractivity (Wildman–Crippen MR) is 103 cm³/mol. The summed E-state index contributed by atoms with van der Waals surface area (Å²) in [6, 6.07) is 12.2. The first-order valence-electron chi connectivity index (χ1n) is 8.28. The lowest BCUT2D eigenvalue weighted by Crippen LogP contribution is -2.27. The number of carbonyl (C=O) groups is 1. The van der Waals surface area contributed by atoms with Gasteiger partial charge in [0.05, 0.1) is 11.6 Å². The van der Waals surface area contributed by atoms with Crippen LogP contribution < -0.4 is 11.1 Å². The minimum Gasteiger partial charge on any atom is -0.408 e. The molecule has 1 atom stereocenters. The Bertz CT molecular complexity index is 994. The van der Waals surface area contributed by atoms with Crippen LogP contribution in [-0.4, -0.2) is 10.5 Å². The van der Waals surface area contributed by atoms with Gasteiger partial charge in [-0.15, -0.1) is 0 Å². The summed E-state index contributed by atoms with van der Waals surface area (Å²) >= 11 is 12.1. The Labute approximate surface area is 160 Å². The molecule has 1 N–H and O–H groups in total. The molecule has 136 valence electrons. The number of nitrogens with zero attached hydrogens (tertiary/aromatic N) is 1. The van der Waals surface area contributed by atoms with E-state index in [-0.39, 0.29) is 11.9 Å². The summed E-state index contributed by atoms with van der Waals surface area (Å²) in [7, 11) is 0. The monoisotopic (exact) mass is 392 g/mol. The SMILES string of the molecule is CC(NC(=O)CCCn1c(=O)oc2ccccc21)c1ccc(Cl)cc1Cl. The summed E-state index contributed by atoms with van der Waals surface area (Å²) in [6.07, 6.45) is 0.817. The second-order valence-corrected chi connectivity index (χ2v) is 6.89. The maximum atomic E-state index is 12.2. The molecule has 1 aromatic heterocycles. The van der Waals surface area contributed by atoms with Crippen molar-refractivity contribution in [2.75, 3.05) is 0 Å². The number of fused-ring (bicyclic) bond motifs is 1. The molecule has 0 radical (unpaired) electrons. The van der Waals surface area contributed by atoms with Crippen LogP contribution in [0.2, 0.25) is 10.0 Å². The van der Waals surface area contributed by atoms with Gasteiger partial charge in [0.15, 0.2) is 5.58 Å². The topological polar surface area (TPSA) is 64.2 Å². The Kier molecular flexibility index (Phi) is 5.69. The van der Waals surface area contributed by atoms with Gasteiger partial charge < -0.3 is 9.73 Å². The van der Waals surface area contributed by atoms with E-state index in [2.05, 4.69) is 5.32 Å². The highest BCUT2D eigenvalue weighted by molar-refractivity contribution is 6.35. The van der Waals surface area contributed by atoms with Crippen LogP contribution in [0.4, 0.5) is 0 Å². The number of hydrogen-bond donors (Lipinski definition) is 1. The van der Waals surface area contributed by atoms with E-state index in [0.717, 1.165) is 11.1 Å². The van der Waals surface area contributed by atoms with Crippen molar-refractivity contribution in [2.45, 2.75) is 32.4 Å². The quantitative estimate of drug-likeness (QED) is 0.668. The molecule has 2 aromatic carbocycles. The van der Waals surface area contributed by atoms with Crippen LogP contribution in [-0.2, 0) is 11.3 Å². The highest BCUT2D eigenvalue weighted by Gasteiger charge is 2.14. The third kappa shape index (κ3) is 4.11. The second-order valence-electron chi connectivity index (χ2n) is 6.05. The van der Waals surface area contributed by atoms with Gasteiger partial charge in [-0.1, -0.05) is 41.4 Å². The number of aromatic nitrogens is 1. The number of nitrogens with one attached hydrogen (secondary N) is 1. The summed E-state index contributed by atoms with van der Waals surface area (Å²) in [5.41, 5.74) is 2.09. The van der Waals surface area contributed by atoms with Gasteiger partial charge in [0.2, 0.25) is 5.91 Å². The highest BCUT2D eigenvalue weighted by atomic mass is 35.5. The number of rotatable bonds is 6. The first-order valence-corrected chi connectivity index (χ1v) is 9.04. The molecule has 0 bridgehead atoms. The van der Waals surface area contributed by atoms with Crippen LogP contribution in [0.3, 0.4) is 0 Å². The average molecular weight is 393 g/mol. The molecule has 0 aliphatic carbocycles. The Morgan fingerprint density at radius 2 is 2.00 bits per heavy atom. The Morgan fingerprint density at radius 3 is 2.77 bits per heavy atom. The van der Waals surface area contributed by atoms with Crippen molar-refractivity contribution >= 4 is 40.2 Å². The summed E-state index contributed by atoms with van der Waals surface area (Å²) in [4.78, 5) is 24.1. The Hall–Kier alpha value is -2.24. The van der Waals surface area contributed by atoms with Crippen molar-refractivity contribution in [2.24, 2.45) is 0 Å². The molecule has 3 rings (SSSR count). The fourth-order valence-electron chi connectivity index (χ4n) is 2.87. The number of para-hydroxylation sites is 2. The van der Waals surface area contributed by atoms with E-state index in [4.69, 9.17) is 27.6 Å². The van der Waals surface area contributed by atoms with Gasteiger partial charge in [-0.2, -0.15) is 0 Å². The summed E-state index contributed by atoms with van der Waals surface area (Å²) in [6.45, 7) is 2.28. The molecule has 0 aliphatic rings. The molecule has 0 aliphatic heterocycles. The molecule has 0 fully saturated rings. The molecular weight excluding hydrogens is 375 g/mol. The summed E-state index contributed by atoms with van der Waals surface area (Å²) in [5.74, 6) is -0.516. The van der Waals surface area contributed by atoms with Crippen molar-refractivity contribution in [1.82, 2.24) is 9.88 Å². The predicted octanol–water partition coefficient (Wildman–Crippen LogP) is 4.56. The lowest BCUT2D eigenvalue weighted by Gasteiger charge is -2.16. The van der Waals surface area contributed by atoms with Gasteiger partial charge in [-0.25, -0.2) is 4.79 Å². The number of benzene rings is 2. The lowest BCUT2D eigenvalue weighted by molar-refractivity contribution is -0.121. The molecule has 0 spiro atoms. The highest BCUT2D eigenvalue weighted by Crippen LogP contribution is 2.26. The van der Waals surface area contributed by atoms with Gasteiger partial charge in [-0.3, -0.25) is 9.36 Å². The van der Waals surface area contributed by atoms with Crippen molar-refractivity contribution < 1.29 is 9.21 Å². The zero-order valence-corrected chi connectivity index (χ0v) is 15.7. The zero-order chi connectivity index (χ0) is 18.7. The molecule has 3 aromatic rings. The van der Waals surface area contributed by atoms with E-state index in [0.29, 0.717) is 35.0 Å². The molecule has 7 heteroatoms. The molecule has 26 heavy (non-hydrogen) atoms. The lowest BCUT2D eigenvalue weighted by atomic mass is 10.1. The maximum absolute atomic E-state index is 12.2. The second kappa shape index (κ2) is 7.98. The standard InChI is InChI=1S/C19H18Cl2N2O3/c1-12(14-9-8-13(20)11-15(14)21)22-18(24)7-4-10-23-16-5-2-3-6-17(16)26-19(23)25/h2-3,5-6,8-9,11-12H,4,7,10H2,1H3,(H,22,24). The molecule has 1 heterocycles. The number of carbonyl (C=O) groups excluding carboxylic acids is 1. The van der Waals surface area contributed by atoms with Crippen molar-refractivity contribution in [3.63, 3.8) is 0 Å². The van der Waals surface area contributed by atoms with E-state index < -0.39 is 5.76 Å². The number of aryl methyl sites for hydroxylation is 1. The van der Waals surface area contributed by atoms with Gasteiger partial charge in [-0.05, 0) is 43.2 Å². The van der Waals surface area contributed by atoms with Gasteiger partial charge in [0, 0.05) is 23.0 Å². The van der Waals surface area contributed by atoms with Crippen LogP contribution in [0, 0.1) is 0 Å². The van der Waals surface area contributed by atoms with Crippen LogP contribution in [0.25, 0.3) is 11.1 Å². The Morgan fingerprint density at radius 1 is 1.23 bits per heavy atom. The van der Waals surface area contributed by atoms with Crippen LogP contribution in [0.5, 0.6) is 0 Å². The minimum absolute atomic E-state index is 0.107. The number of hydrogen-bond acceptors (Lipinski definition) is 3. The van der Waals surface area contributed by atoms with Crippen molar-refractivity contribution in [3.8, 4) is 0 Å². The van der Waals surface area contributed by atoms with Crippen LogP contribution in [0.1, 0.15) is 31.4 Å². The van der Waals surface area contributed by atoms with E-state index in [1.807, 2.05) is 25.1 Å². The largest absolute Gasteiger partial charge is 0.419 e. The Balaban J connectivity index is 1.57. The fourth-order valence-corrected chi connectivity index (χ4v) is 3.44. The number of oxazole rings is 1. The number of halogens is 2. The molecule has 0 saturated heterocycles. The zero-order valence-electron chi connectivity index (χ0n) is 14.2. The fraction of sp³-hybridized carbons (Fsp3) is 0.263. The van der Waals surface area contributed by atoms with E-state index in [1.54, 1.807) is 28.8 Å². The third-order valence-corrected chi connectivity index (χ3v) is 4.73. The third-order valence-electron chi connectivity index (χ3n) is 4.17. The molecular formula is C19H18Cl2N2O3.